The molecule has 0 spiro atoms. The Hall–Kier alpha value is -1.80. The van der Waals surface area contributed by atoms with Crippen molar-refractivity contribution in [2.45, 2.75) is 32.2 Å². The number of hydrogen-bond acceptors (Lipinski definition) is 5. The lowest BCUT2D eigenvalue weighted by Crippen LogP contribution is -2.52. The van der Waals surface area contributed by atoms with Crippen LogP contribution in [0, 0.1) is 5.92 Å². The second-order valence-electron chi connectivity index (χ2n) is 6.59. The molecule has 0 bridgehead atoms. The van der Waals surface area contributed by atoms with Gasteiger partial charge in [0.05, 0.1) is 25.0 Å². The number of ether oxygens (including phenoxy) is 1. The maximum atomic E-state index is 13.1. The quantitative estimate of drug-likeness (QED) is 0.664. The van der Waals surface area contributed by atoms with Gasteiger partial charge < -0.3 is 9.64 Å². The molecule has 9 heteroatoms. The number of carbonyl (C=O) groups excluding carboxylic acids is 2. The van der Waals surface area contributed by atoms with Crippen molar-refractivity contribution >= 4 is 39.2 Å². The van der Waals surface area contributed by atoms with Crippen LogP contribution < -0.4 is 4.31 Å². The molecule has 1 aromatic rings. The highest BCUT2D eigenvalue weighted by atomic mass is 35.5. The van der Waals surface area contributed by atoms with E-state index in [1.54, 1.807) is 30.0 Å². The number of piperidine rings is 1. The smallest absolute Gasteiger partial charge is 0.308 e. The molecule has 1 aromatic carbocycles. The monoisotopic (exact) mass is 416 g/mol. The molecule has 2 rings (SSSR count). The molecule has 0 saturated carbocycles. The molecule has 150 valence electrons. The number of rotatable bonds is 6. The summed E-state index contributed by atoms with van der Waals surface area (Å²) in [5.41, 5.74) is 0.356. The van der Waals surface area contributed by atoms with Crippen LogP contribution in [-0.4, -0.2) is 57.7 Å². The van der Waals surface area contributed by atoms with Gasteiger partial charge in [0, 0.05) is 18.1 Å². The van der Waals surface area contributed by atoms with Gasteiger partial charge in [-0.3, -0.25) is 13.9 Å². The number of anilines is 1. The van der Waals surface area contributed by atoms with Gasteiger partial charge in [-0.2, -0.15) is 0 Å². The fraction of sp³-hybridized carbons (Fsp3) is 0.556. The Morgan fingerprint density at radius 3 is 2.44 bits per heavy atom. The van der Waals surface area contributed by atoms with Crippen molar-refractivity contribution in [3.8, 4) is 0 Å². The summed E-state index contributed by atoms with van der Waals surface area (Å²) < 4.78 is 30.8. The highest BCUT2D eigenvalue weighted by Crippen LogP contribution is 2.27. The minimum Gasteiger partial charge on any atom is -0.469 e. The molecule has 1 aliphatic heterocycles. The maximum absolute atomic E-state index is 13.1. The molecule has 0 aromatic heterocycles. The molecule has 0 radical (unpaired) electrons. The lowest BCUT2D eigenvalue weighted by molar-refractivity contribution is -0.149. The molecule has 1 aliphatic rings. The summed E-state index contributed by atoms with van der Waals surface area (Å²) in [6.45, 7) is 2.55. The minimum absolute atomic E-state index is 0.224. The third-order valence-corrected chi connectivity index (χ3v) is 6.13. The maximum Gasteiger partial charge on any atom is 0.308 e. The summed E-state index contributed by atoms with van der Waals surface area (Å²) in [5.74, 6) is -0.768. The first-order valence-electron chi connectivity index (χ1n) is 8.80. The average molecular weight is 417 g/mol. The topological polar surface area (TPSA) is 84.0 Å². The Labute approximate surface area is 165 Å². The molecule has 0 aliphatic carbocycles. The lowest BCUT2D eigenvalue weighted by Gasteiger charge is -2.37. The van der Waals surface area contributed by atoms with Crippen molar-refractivity contribution in [2.24, 2.45) is 5.92 Å². The van der Waals surface area contributed by atoms with Crippen LogP contribution in [0.3, 0.4) is 0 Å². The third kappa shape index (κ3) is 5.13. The first-order valence-corrected chi connectivity index (χ1v) is 11.0. The summed E-state index contributed by atoms with van der Waals surface area (Å²) in [7, 11) is -2.36. The van der Waals surface area contributed by atoms with Crippen molar-refractivity contribution in [1.82, 2.24) is 4.90 Å². The summed E-state index contributed by atoms with van der Waals surface area (Å²) in [6.07, 6.45) is 2.40. The molecule has 27 heavy (non-hydrogen) atoms. The molecule has 7 nitrogen and oxygen atoms in total. The van der Waals surface area contributed by atoms with Gasteiger partial charge in [0.1, 0.15) is 6.04 Å². The number of esters is 1. The zero-order valence-electron chi connectivity index (χ0n) is 15.7. The van der Waals surface area contributed by atoms with E-state index in [2.05, 4.69) is 0 Å². The van der Waals surface area contributed by atoms with E-state index in [1.807, 2.05) is 0 Å². The van der Waals surface area contributed by atoms with E-state index >= 15 is 0 Å². The van der Waals surface area contributed by atoms with Crippen LogP contribution in [0.15, 0.2) is 24.3 Å². The first kappa shape index (κ1) is 21.5. The molecule has 1 atom stereocenters. The normalized spacial score (nSPS) is 16.7. The number of sulfonamides is 1. The predicted molar refractivity (Wildman–Crippen MR) is 104 cm³/mol. The van der Waals surface area contributed by atoms with Gasteiger partial charge in [0.25, 0.3) is 0 Å². The number of benzene rings is 1. The Balaban J connectivity index is 2.24. The molecule has 1 amide bonds. The van der Waals surface area contributed by atoms with Crippen LogP contribution in [0.4, 0.5) is 5.69 Å². The number of hydrogen-bond donors (Lipinski definition) is 0. The molecule has 1 heterocycles. The number of methoxy groups -OCH3 is 1. The highest BCUT2D eigenvalue weighted by Gasteiger charge is 2.36. The van der Waals surface area contributed by atoms with Crippen LogP contribution in [-0.2, 0) is 24.3 Å². The fourth-order valence-electron chi connectivity index (χ4n) is 3.37. The Morgan fingerprint density at radius 2 is 1.96 bits per heavy atom. The largest absolute Gasteiger partial charge is 0.469 e. The van der Waals surface area contributed by atoms with Crippen LogP contribution in [0.5, 0.6) is 0 Å². The molecular weight excluding hydrogens is 392 g/mol. The van der Waals surface area contributed by atoms with Crippen molar-refractivity contribution in [1.29, 1.82) is 0 Å². The van der Waals surface area contributed by atoms with E-state index in [0.29, 0.717) is 43.1 Å². The lowest BCUT2D eigenvalue weighted by atomic mass is 9.96. The number of amides is 1. The van der Waals surface area contributed by atoms with E-state index in [1.165, 1.54) is 13.2 Å². The van der Waals surface area contributed by atoms with Crippen molar-refractivity contribution in [3.05, 3.63) is 29.3 Å². The van der Waals surface area contributed by atoms with Crippen LogP contribution in [0.2, 0.25) is 5.02 Å². The average Bonchev–Trinajstić information content (AvgIpc) is 2.63. The zero-order valence-corrected chi connectivity index (χ0v) is 17.3. The van der Waals surface area contributed by atoms with E-state index in [-0.39, 0.29) is 17.8 Å². The number of nitrogens with zero attached hydrogens (tertiary/aromatic N) is 2. The number of likely N-dealkylation sites (tertiary alicyclic amines) is 1. The minimum atomic E-state index is -3.70. The van der Waals surface area contributed by atoms with Crippen LogP contribution in [0.1, 0.15) is 26.2 Å². The highest BCUT2D eigenvalue weighted by molar-refractivity contribution is 7.92. The predicted octanol–water partition coefficient (Wildman–Crippen LogP) is 2.30. The second kappa shape index (κ2) is 8.93. The summed E-state index contributed by atoms with van der Waals surface area (Å²) in [5, 5.41) is 0.391. The van der Waals surface area contributed by atoms with Crippen molar-refractivity contribution in [2.75, 3.05) is 30.8 Å². The molecule has 1 saturated heterocycles. The van der Waals surface area contributed by atoms with Crippen LogP contribution >= 0.6 is 11.6 Å². The SMILES string of the molecule is CC[C@@H](C(=O)N1CCC(C(=O)OC)CC1)N(c1cccc(Cl)c1)S(C)(=O)=O. The van der Waals surface area contributed by atoms with E-state index in [4.69, 9.17) is 16.3 Å². The Kier molecular flexibility index (Phi) is 7.11. The second-order valence-corrected chi connectivity index (χ2v) is 8.88. The fourth-order valence-corrected chi connectivity index (χ4v) is 4.75. The molecule has 0 N–H and O–H groups in total. The molecule has 1 fully saturated rings. The van der Waals surface area contributed by atoms with Gasteiger partial charge in [-0.1, -0.05) is 24.6 Å². The molecular formula is C18H25ClN2O5S. The van der Waals surface area contributed by atoms with Gasteiger partial charge in [0.15, 0.2) is 0 Å². The first-order chi connectivity index (χ1) is 12.7. The molecule has 0 unspecified atom stereocenters. The standard InChI is InChI=1S/C18H25ClN2O5S/c1-4-16(17(22)20-10-8-13(9-11-20)18(23)26-2)21(27(3,24)25)15-7-5-6-14(19)12-15/h5-7,12-13,16H,4,8-11H2,1-3H3/t16-/m0/s1. The van der Waals surface area contributed by atoms with Gasteiger partial charge in [0.2, 0.25) is 15.9 Å². The van der Waals surface area contributed by atoms with Crippen molar-refractivity contribution < 1.29 is 22.7 Å². The van der Waals surface area contributed by atoms with Gasteiger partial charge in [-0.15, -0.1) is 0 Å². The Morgan fingerprint density at radius 1 is 1.33 bits per heavy atom. The number of carbonyl (C=O) groups is 2. The van der Waals surface area contributed by atoms with E-state index in [9.17, 15) is 18.0 Å². The zero-order chi connectivity index (χ0) is 20.2. The third-order valence-electron chi connectivity index (χ3n) is 4.72. The van der Waals surface area contributed by atoms with Gasteiger partial charge in [-0.25, -0.2) is 8.42 Å². The van der Waals surface area contributed by atoms with E-state index in [0.717, 1.165) is 10.6 Å². The summed E-state index contributed by atoms with van der Waals surface area (Å²) in [6, 6.07) is 5.57. The van der Waals surface area contributed by atoms with Gasteiger partial charge >= 0.3 is 5.97 Å². The summed E-state index contributed by atoms with van der Waals surface area (Å²) >= 11 is 6.01. The van der Waals surface area contributed by atoms with Crippen molar-refractivity contribution in [3.63, 3.8) is 0 Å². The number of halogens is 1. The van der Waals surface area contributed by atoms with Crippen LogP contribution in [0.25, 0.3) is 0 Å². The Bertz CT molecular complexity index is 791. The van der Waals surface area contributed by atoms with Gasteiger partial charge in [-0.05, 0) is 37.5 Å². The summed E-state index contributed by atoms with van der Waals surface area (Å²) in [4.78, 5) is 26.4. The van der Waals surface area contributed by atoms with E-state index < -0.39 is 16.1 Å².